The molecule has 0 radical (unpaired) electrons. The minimum absolute atomic E-state index is 0.123. The molecule has 3 N–H and O–H groups in total. The van der Waals surface area contributed by atoms with Gasteiger partial charge in [-0.1, -0.05) is 12.1 Å². The van der Waals surface area contributed by atoms with E-state index in [2.05, 4.69) is 22.1 Å². The van der Waals surface area contributed by atoms with E-state index in [4.69, 9.17) is 15.6 Å². The molecule has 2 saturated carbocycles. The quantitative estimate of drug-likeness (QED) is 0.603. The standard InChI is InChI=1S/C28H36N4O4/c1-27(2)16-32(26(35)23-24(29)30-17-31-25(23)36-27)21-5-3-19(4-6-21)20-9-13-28(14-10-20)11-7-18(8-12-28)15-22(33)34/h3-6,17-18,20H,7-16H2,1-2H3,(H,33,34)(H2,29,30,31). The van der Waals surface area contributed by atoms with Crippen LogP contribution in [-0.2, 0) is 4.79 Å². The minimum Gasteiger partial charge on any atom is -0.481 e. The average Bonchev–Trinajstić information content (AvgIpc) is 2.94. The third-order valence-electron chi connectivity index (χ3n) is 8.56. The molecule has 3 aliphatic rings. The molecule has 1 aliphatic heterocycles. The van der Waals surface area contributed by atoms with Crippen molar-refractivity contribution in [1.29, 1.82) is 0 Å². The summed E-state index contributed by atoms with van der Waals surface area (Å²) in [6, 6.07) is 8.35. The van der Waals surface area contributed by atoms with E-state index in [9.17, 15) is 9.59 Å². The summed E-state index contributed by atoms with van der Waals surface area (Å²) in [5.74, 6) is 0.305. The lowest BCUT2D eigenvalue weighted by Crippen LogP contribution is -2.43. The van der Waals surface area contributed by atoms with Gasteiger partial charge in [0.05, 0.1) is 6.54 Å². The Bertz CT molecular complexity index is 1130. The maximum atomic E-state index is 13.4. The zero-order chi connectivity index (χ0) is 25.5. The summed E-state index contributed by atoms with van der Waals surface area (Å²) in [7, 11) is 0. The van der Waals surface area contributed by atoms with Crippen LogP contribution in [0.15, 0.2) is 30.6 Å². The Hall–Kier alpha value is -3.16. The van der Waals surface area contributed by atoms with Crippen LogP contribution in [-0.4, -0.2) is 39.1 Å². The fourth-order valence-corrected chi connectivity index (χ4v) is 6.48. The summed E-state index contributed by atoms with van der Waals surface area (Å²) in [6.07, 6.45) is 10.8. The third-order valence-corrected chi connectivity index (χ3v) is 8.56. The second-order valence-corrected chi connectivity index (χ2v) is 11.6. The number of fused-ring (bicyclic) bond motifs is 1. The molecule has 8 nitrogen and oxygen atoms in total. The number of hydrogen-bond donors (Lipinski definition) is 2. The highest BCUT2D eigenvalue weighted by Gasteiger charge is 2.40. The van der Waals surface area contributed by atoms with E-state index >= 15 is 0 Å². The van der Waals surface area contributed by atoms with Crippen LogP contribution >= 0.6 is 0 Å². The van der Waals surface area contributed by atoms with Gasteiger partial charge < -0.3 is 20.5 Å². The van der Waals surface area contributed by atoms with Crippen molar-refractivity contribution < 1.29 is 19.4 Å². The van der Waals surface area contributed by atoms with Crippen molar-refractivity contribution in [2.75, 3.05) is 17.2 Å². The zero-order valence-corrected chi connectivity index (χ0v) is 21.2. The van der Waals surface area contributed by atoms with Gasteiger partial charge in [-0.15, -0.1) is 0 Å². The molecule has 1 spiro atoms. The van der Waals surface area contributed by atoms with Gasteiger partial charge in [0.2, 0.25) is 5.88 Å². The normalized spacial score (nSPS) is 27.7. The SMILES string of the molecule is CC1(C)CN(c2ccc(C3CCC4(CCC(CC(=O)O)CC4)CC3)cc2)C(=O)c2c(N)ncnc2O1. The lowest BCUT2D eigenvalue weighted by molar-refractivity contribution is -0.138. The van der Waals surface area contributed by atoms with E-state index < -0.39 is 11.6 Å². The summed E-state index contributed by atoms with van der Waals surface area (Å²) in [4.78, 5) is 34.4. The molecule has 2 fully saturated rings. The summed E-state index contributed by atoms with van der Waals surface area (Å²) >= 11 is 0. The van der Waals surface area contributed by atoms with Gasteiger partial charge in [0, 0.05) is 12.1 Å². The zero-order valence-electron chi connectivity index (χ0n) is 21.2. The molecule has 36 heavy (non-hydrogen) atoms. The molecule has 1 aromatic heterocycles. The molecule has 0 atom stereocenters. The summed E-state index contributed by atoms with van der Waals surface area (Å²) < 4.78 is 6.02. The Balaban J connectivity index is 1.26. The lowest BCUT2D eigenvalue weighted by atomic mass is 9.60. The van der Waals surface area contributed by atoms with Crippen LogP contribution in [0.5, 0.6) is 5.88 Å². The Morgan fingerprint density at radius 1 is 1.08 bits per heavy atom. The van der Waals surface area contributed by atoms with Crippen LogP contribution in [0.1, 0.15) is 93.5 Å². The number of rotatable bonds is 4. The van der Waals surface area contributed by atoms with Gasteiger partial charge in [-0.25, -0.2) is 9.97 Å². The number of aliphatic carboxylic acids is 1. The van der Waals surface area contributed by atoms with Gasteiger partial charge in [0.25, 0.3) is 5.91 Å². The summed E-state index contributed by atoms with van der Waals surface area (Å²) in [5, 5.41) is 9.10. The van der Waals surface area contributed by atoms with E-state index in [-0.39, 0.29) is 23.2 Å². The van der Waals surface area contributed by atoms with Gasteiger partial charge in [-0.05, 0) is 100 Å². The number of nitrogens with two attached hydrogens (primary N) is 1. The summed E-state index contributed by atoms with van der Waals surface area (Å²) in [6.45, 7) is 4.24. The number of benzene rings is 1. The van der Waals surface area contributed by atoms with Gasteiger partial charge >= 0.3 is 5.97 Å². The van der Waals surface area contributed by atoms with Crippen LogP contribution in [0.25, 0.3) is 0 Å². The average molecular weight is 493 g/mol. The van der Waals surface area contributed by atoms with Crippen LogP contribution < -0.4 is 15.4 Å². The van der Waals surface area contributed by atoms with Crippen LogP contribution in [0.3, 0.4) is 0 Å². The van der Waals surface area contributed by atoms with E-state index in [1.807, 2.05) is 26.0 Å². The van der Waals surface area contributed by atoms with Crippen molar-refractivity contribution in [3.05, 3.63) is 41.7 Å². The first-order valence-electron chi connectivity index (χ1n) is 13.1. The first-order valence-corrected chi connectivity index (χ1v) is 13.1. The van der Waals surface area contributed by atoms with Crippen molar-refractivity contribution in [1.82, 2.24) is 9.97 Å². The number of carboxylic acid groups (broad SMARTS) is 1. The monoisotopic (exact) mass is 492 g/mol. The molecular formula is C28H36N4O4. The van der Waals surface area contributed by atoms with Gasteiger partial charge in [-0.3, -0.25) is 9.59 Å². The Morgan fingerprint density at radius 3 is 2.36 bits per heavy atom. The maximum absolute atomic E-state index is 13.4. The molecule has 1 amide bonds. The fraction of sp³-hybridized carbons (Fsp3) is 0.571. The molecule has 2 aliphatic carbocycles. The molecule has 0 saturated heterocycles. The number of hydrogen-bond acceptors (Lipinski definition) is 6. The number of nitrogens with zero attached hydrogens (tertiary/aromatic N) is 3. The number of amides is 1. The number of carboxylic acids is 1. The number of anilines is 2. The van der Waals surface area contributed by atoms with Gasteiger partial charge in [0.1, 0.15) is 23.3 Å². The van der Waals surface area contributed by atoms with Crippen molar-refractivity contribution in [3.8, 4) is 5.88 Å². The highest BCUT2D eigenvalue weighted by atomic mass is 16.5. The lowest BCUT2D eigenvalue weighted by Gasteiger charge is -2.45. The second kappa shape index (κ2) is 9.37. The predicted molar refractivity (Wildman–Crippen MR) is 137 cm³/mol. The first-order chi connectivity index (χ1) is 17.1. The van der Waals surface area contributed by atoms with Crippen molar-refractivity contribution in [2.45, 2.75) is 83.2 Å². The van der Waals surface area contributed by atoms with Crippen LogP contribution in [0.2, 0.25) is 0 Å². The van der Waals surface area contributed by atoms with Crippen LogP contribution in [0, 0.1) is 11.3 Å². The minimum atomic E-state index is -0.665. The molecule has 192 valence electrons. The van der Waals surface area contributed by atoms with Crippen molar-refractivity contribution in [2.24, 2.45) is 11.3 Å². The molecule has 0 bridgehead atoms. The predicted octanol–water partition coefficient (Wildman–Crippen LogP) is 5.19. The topological polar surface area (TPSA) is 119 Å². The Kier molecular flexibility index (Phi) is 6.39. The highest BCUT2D eigenvalue weighted by molar-refractivity contribution is 6.10. The number of ether oxygens (including phenoxy) is 1. The van der Waals surface area contributed by atoms with E-state index in [1.165, 1.54) is 37.6 Å². The van der Waals surface area contributed by atoms with Crippen molar-refractivity contribution >= 4 is 23.4 Å². The van der Waals surface area contributed by atoms with E-state index in [1.54, 1.807) is 4.90 Å². The van der Waals surface area contributed by atoms with Crippen molar-refractivity contribution in [3.63, 3.8) is 0 Å². The Morgan fingerprint density at radius 2 is 1.72 bits per heavy atom. The molecule has 8 heteroatoms. The summed E-state index contributed by atoms with van der Waals surface area (Å²) in [5.41, 5.74) is 8.14. The molecule has 2 heterocycles. The van der Waals surface area contributed by atoms with Crippen LogP contribution in [0.4, 0.5) is 11.5 Å². The largest absolute Gasteiger partial charge is 0.481 e. The van der Waals surface area contributed by atoms with Gasteiger partial charge in [-0.2, -0.15) is 0 Å². The smallest absolute Gasteiger partial charge is 0.303 e. The van der Waals surface area contributed by atoms with Gasteiger partial charge in [0.15, 0.2) is 0 Å². The molecular weight excluding hydrogens is 456 g/mol. The van der Waals surface area contributed by atoms with E-state index in [0.29, 0.717) is 30.2 Å². The Labute approximate surface area is 212 Å². The molecule has 5 rings (SSSR count). The number of carbonyl (C=O) groups excluding carboxylic acids is 1. The first kappa shape index (κ1) is 24.5. The number of nitrogen functional groups attached to an aromatic ring is 1. The number of aromatic nitrogens is 2. The highest BCUT2D eigenvalue weighted by Crippen LogP contribution is 2.52. The maximum Gasteiger partial charge on any atom is 0.303 e. The van der Waals surface area contributed by atoms with E-state index in [0.717, 1.165) is 31.4 Å². The molecule has 2 aromatic rings. The third kappa shape index (κ3) is 4.90. The molecule has 0 unspecified atom stereocenters. The molecule has 1 aromatic carbocycles. The second-order valence-electron chi connectivity index (χ2n) is 11.6. The fourth-order valence-electron chi connectivity index (χ4n) is 6.48. The number of carbonyl (C=O) groups is 2.